The predicted molar refractivity (Wildman–Crippen MR) is 68.9 cm³/mol. The minimum Gasteiger partial charge on any atom is -0.478 e. The molecule has 0 amide bonds. The van der Waals surface area contributed by atoms with Crippen LogP contribution in [-0.2, 0) is 6.54 Å². The van der Waals surface area contributed by atoms with Gasteiger partial charge in [-0.15, -0.1) is 5.10 Å². The first-order chi connectivity index (χ1) is 9.01. The van der Waals surface area contributed by atoms with Crippen LogP contribution in [0.4, 0.5) is 0 Å². The van der Waals surface area contributed by atoms with Crippen LogP contribution in [-0.4, -0.2) is 30.8 Å². The third kappa shape index (κ3) is 2.96. The predicted octanol–water partition coefficient (Wildman–Crippen LogP) is 1.49. The molecule has 2 N–H and O–H groups in total. The van der Waals surface area contributed by atoms with Crippen LogP contribution in [0.3, 0.4) is 0 Å². The van der Waals surface area contributed by atoms with E-state index in [9.17, 15) is 9.59 Å². The number of halogens is 1. The number of hydrogen-bond acceptors (Lipinski definition) is 5. The maximum Gasteiger partial charge on any atom is 0.343 e. The highest BCUT2D eigenvalue weighted by molar-refractivity contribution is 7.99. The van der Waals surface area contributed by atoms with E-state index >= 15 is 0 Å². The van der Waals surface area contributed by atoms with E-state index in [1.807, 2.05) is 0 Å². The monoisotopic (exact) mass is 300 g/mol. The first-order valence-corrected chi connectivity index (χ1v) is 6.44. The highest BCUT2D eigenvalue weighted by Gasteiger charge is 2.12. The summed E-state index contributed by atoms with van der Waals surface area (Å²) < 4.78 is 1.41. The Morgan fingerprint density at radius 3 is 2.95 bits per heavy atom. The number of aromatic amines is 1. The lowest BCUT2D eigenvalue weighted by Crippen LogP contribution is -2.16. The normalized spacial score (nSPS) is 10.6. The van der Waals surface area contributed by atoms with Crippen molar-refractivity contribution in [3.8, 4) is 0 Å². The maximum atomic E-state index is 11.4. The number of aromatic nitrogens is 4. The van der Waals surface area contributed by atoms with Gasteiger partial charge in [-0.1, -0.05) is 11.6 Å². The lowest BCUT2D eigenvalue weighted by Gasteiger charge is -2.03. The molecule has 0 unspecified atom stereocenters. The highest BCUT2D eigenvalue weighted by atomic mass is 35.5. The summed E-state index contributed by atoms with van der Waals surface area (Å²) in [7, 11) is 0. The summed E-state index contributed by atoms with van der Waals surface area (Å²) >= 11 is 6.82. The van der Waals surface area contributed by atoms with Gasteiger partial charge in [-0.2, -0.15) is 0 Å². The molecule has 7 nitrogen and oxygen atoms in total. The van der Waals surface area contributed by atoms with Gasteiger partial charge in [0.1, 0.15) is 10.2 Å². The van der Waals surface area contributed by atoms with Gasteiger partial charge in [0.15, 0.2) is 5.16 Å². The topological polar surface area (TPSA) is 101 Å². The van der Waals surface area contributed by atoms with E-state index in [1.165, 1.54) is 16.7 Å². The SMILES string of the molecule is CCn1c(Sc2cc(C(=O)O)cc(Cl)n2)n[nH]c1=O. The van der Waals surface area contributed by atoms with E-state index in [2.05, 4.69) is 15.2 Å². The Balaban J connectivity index is 2.38. The standard InChI is InChI=1S/C10H9ClN4O3S/c1-2-15-9(18)13-14-10(15)19-7-4-5(8(16)17)3-6(11)12-7/h3-4H,2H2,1H3,(H,13,18)(H,16,17). The zero-order valence-corrected chi connectivity index (χ0v) is 11.3. The average molecular weight is 301 g/mol. The number of nitrogens with one attached hydrogen (secondary N) is 1. The third-order valence-corrected chi connectivity index (χ3v) is 3.36. The molecule has 0 atom stereocenters. The Hall–Kier alpha value is -1.80. The van der Waals surface area contributed by atoms with Crippen LogP contribution in [0.2, 0.25) is 5.15 Å². The molecule has 19 heavy (non-hydrogen) atoms. The quantitative estimate of drug-likeness (QED) is 0.830. The van der Waals surface area contributed by atoms with Crippen molar-refractivity contribution >= 4 is 29.3 Å². The fraction of sp³-hybridized carbons (Fsp3) is 0.200. The Labute approximate surface area is 116 Å². The van der Waals surface area contributed by atoms with Crippen molar-refractivity contribution in [2.45, 2.75) is 23.7 Å². The Morgan fingerprint density at radius 1 is 1.58 bits per heavy atom. The van der Waals surface area contributed by atoms with Crippen molar-refractivity contribution in [2.75, 3.05) is 0 Å². The van der Waals surface area contributed by atoms with E-state index in [-0.39, 0.29) is 16.4 Å². The van der Waals surface area contributed by atoms with Crippen LogP contribution in [0.25, 0.3) is 0 Å². The van der Waals surface area contributed by atoms with Gasteiger partial charge in [-0.25, -0.2) is 19.7 Å². The van der Waals surface area contributed by atoms with E-state index in [0.29, 0.717) is 16.7 Å². The van der Waals surface area contributed by atoms with Crippen LogP contribution in [0.5, 0.6) is 0 Å². The Kier molecular flexibility index (Phi) is 3.91. The van der Waals surface area contributed by atoms with Gasteiger partial charge >= 0.3 is 11.7 Å². The maximum absolute atomic E-state index is 11.4. The first-order valence-electron chi connectivity index (χ1n) is 5.25. The van der Waals surface area contributed by atoms with Crippen LogP contribution < -0.4 is 5.69 Å². The summed E-state index contributed by atoms with van der Waals surface area (Å²) in [6, 6.07) is 2.63. The molecule has 0 aliphatic carbocycles. The smallest absolute Gasteiger partial charge is 0.343 e. The molecule has 2 aromatic heterocycles. The zero-order valence-electron chi connectivity index (χ0n) is 9.75. The second-order valence-electron chi connectivity index (χ2n) is 3.48. The lowest BCUT2D eigenvalue weighted by molar-refractivity contribution is 0.0696. The van der Waals surface area contributed by atoms with Gasteiger partial charge in [-0.3, -0.25) is 4.57 Å². The van der Waals surface area contributed by atoms with Gasteiger partial charge in [0.2, 0.25) is 0 Å². The second-order valence-corrected chi connectivity index (χ2v) is 4.85. The molecular formula is C10H9ClN4O3S. The second kappa shape index (κ2) is 5.45. The minimum absolute atomic E-state index is 0.0310. The van der Waals surface area contributed by atoms with Crippen molar-refractivity contribution < 1.29 is 9.90 Å². The number of aromatic carboxylic acids is 1. The molecule has 0 saturated carbocycles. The van der Waals surface area contributed by atoms with E-state index in [0.717, 1.165) is 11.8 Å². The number of carboxylic acid groups (broad SMARTS) is 1. The largest absolute Gasteiger partial charge is 0.478 e. The van der Waals surface area contributed by atoms with Gasteiger partial charge < -0.3 is 5.11 Å². The molecule has 0 bridgehead atoms. The Bertz CT molecular complexity index is 682. The molecule has 0 aliphatic heterocycles. The summed E-state index contributed by atoms with van der Waals surface area (Å²) in [5.41, 5.74) is -0.297. The summed E-state index contributed by atoms with van der Waals surface area (Å²) in [4.78, 5) is 26.3. The van der Waals surface area contributed by atoms with Crippen LogP contribution in [0, 0.1) is 0 Å². The van der Waals surface area contributed by atoms with Gasteiger partial charge in [-0.05, 0) is 30.8 Å². The summed E-state index contributed by atoms with van der Waals surface area (Å²) in [5, 5.41) is 15.9. The van der Waals surface area contributed by atoms with Crippen molar-refractivity contribution in [3.05, 3.63) is 33.3 Å². The Morgan fingerprint density at radius 2 is 2.32 bits per heavy atom. The molecule has 0 aliphatic rings. The highest BCUT2D eigenvalue weighted by Crippen LogP contribution is 2.25. The molecule has 100 valence electrons. The van der Waals surface area contributed by atoms with Crippen LogP contribution >= 0.6 is 23.4 Å². The minimum atomic E-state index is -1.10. The molecule has 0 saturated heterocycles. The molecule has 0 fully saturated rings. The molecule has 2 rings (SSSR count). The fourth-order valence-electron chi connectivity index (χ4n) is 1.40. The number of nitrogens with zero attached hydrogens (tertiary/aromatic N) is 3. The van der Waals surface area contributed by atoms with Gasteiger partial charge in [0.25, 0.3) is 0 Å². The zero-order chi connectivity index (χ0) is 14.0. The molecule has 0 aromatic carbocycles. The number of pyridine rings is 1. The van der Waals surface area contributed by atoms with Crippen molar-refractivity contribution in [1.82, 2.24) is 19.7 Å². The lowest BCUT2D eigenvalue weighted by atomic mass is 10.3. The van der Waals surface area contributed by atoms with Gasteiger partial charge in [0.05, 0.1) is 5.56 Å². The van der Waals surface area contributed by atoms with E-state index in [4.69, 9.17) is 16.7 Å². The summed E-state index contributed by atoms with van der Waals surface area (Å²) in [6.45, 7) is 2.25. The number of H-pyrrole nitrogens is 1. The molecule has 2 heterocycles. The van der Waals surface area contributed by atoms with Crippen LogP contribution in [0.1, 0.15) is 17.3 Å². The molecular weight excluding hydrogens is 292 g/mol. The fourth-order valence-corrected chi connectivity index (χ4v) is 2.59. The van der Waals surface area contributed by atoms with E-state index in [1.54, 1.807) is 6.92 Å². The van der Waals surface area contributed by atoms with Gasteiger partial charge in [0, 0.05) is 6.54 Å². The number of carboxylic acids is 1. The van der Waals surface area contributed by atoms with Crippen molar-refractivity contribution in [1.29, 1.82) is 0 Å². The first kappa shape index (κ1) is 13.6. The molecule has 0 spiro atoms. The number of rotatable bonds is 4. The molecule has 0 radical (unpaired) electrons. The average Bonchev–Trinajstić information content (AvgIpc) is 2.69. The molecule has 9 heteroatoms. The number of hydrogen-bond donors (Lipinski definition) is 2. The summed E-state index contributed by atoms with van der Waals surface area (Å²) in [6.07, 6.45) is 0. The molecule has 2 aromatic rings. The summed E-state index contributed by atoms with van der Waals surface area (Å²) in [5.74, 6) is -1.10. The van der Waals surface area contributed by atoms with Crippen LogP contribution in [0.15, 0.2) is 27.1 Å². The number of carbonyl (C=O) groups is 1. The van der Waals surface area contributed by atoms with Crippen molar-refractivity contribution in [3.63, 3.8) is 0 Å². The van der Waals surface area contributed by atoms with E-state index < -0.39 is 5.97 Å². The third-order valence-electron chi connectivity index (χ3n) is 2.25. The van der Waals surface area contributed by atoms with Crippen molar-refractivity contribution in [2.24, 2.45) is 0 Å².